The van der Waals surface area contributed by atoms with E-state index in [1.54, 1.807) is 11.3 Å². The zero-order valence-electron chi connectivity index (χ0n) is 6.74. The largest absolute Gasteiger partial charge is 0.325 e. The molecule has 0 saturated carbocycles. The summed E-state index contributed by atoms with van der Waals surface area (Å²) in [5.74, 6) is 0. The Bertz CT molecular complexity index is 282. The zero-order valence-corrected chi connectivity index (χ0v) is 9.19. The molecule has 1 aliphatic rings. The summed E-state index contributed by atoms with van der Waals surface area (Å²) in [7, 11) is 0. The Balaban J connectivity index is 2.28. The van der Waals surface area contributed by atoms with Crippen molar-refractivity contribution in [3.05, 3.63) is 11.6 Å². The second-order valence-electron chi connectivity index (χ2n) is 2.94. The van der Waals surface area contributed by atoms with Crippen molar-refractivity contribution in [1.29, 1.82) is 0 Å². The quantitative estimate of drug-likeness (QED) is 0.725. The van der Waals surface area contributed by atoms with Crippen molar-refractivity contribution in [2.45, 2.75) is 33.4 Å². The summed E-state index contributed by atoms with van der Waals surface area (Å²) in [6.07, 6.45) is 2.45. The highest BCUT2D eigenvalue weighted by molar-refractivity contribution is 8.02. The van der Waals surface area contributed by atoms with Gasteiger partial charge in [0, 0.05) is 17.3 Å². The van der Waals surface area contributed by atoms with Gasteiger partial charge in [0.1, 0.15) is 0 Å². The zero-order chi connectivity index (χ0) is 8.55. The van der Waals surface area contributed by atoms with Gasteiger partial charge in [-0.2, -0.15) is 0 Å². The lowest BCUT2D eigenvalue weighted by Gasteiger charge is -2.16. The van der Waals surface area contributed by atoms with E-state index < -0.39 is 0 Å². The number of thiophene rings is 1. The topological polar surface area (TPSA) is 20.2 Å². The molecule has 0 aliphatic carbocycles. The molecule has 0 bridgehead atoms. The Morgan fingerprint density at radius 2 is 2.50 bits per heavy atom. The van der Waals surface area contributed by atoms with Gasteiger partial charge in [0.15, 0.2) is 0 Å². The molecular formula is C8H10OS3. The Morgan fingerprint density at radius 1 is 1.67 bits per heavy atom. The third-order valence-corrected chi connectivity index (χ3v) is 5.16. The van der Waals surface area contributed by atoms with E-state index in [1.165, 1.54) is 22.6 Å². The molecule has 0 radical (unpaired) electrons. The maximum atomic E-state index is 8.87. The third kappa shape index (κ3) is 1.66. The fourth-order valence-corrected chi connectivity index (χ4v) is 4.60. The van der Waals surface area contributed by atoms with Crippen LogP contribution in [0.4, 0.5) is 0 Å². The highest BCUT2D eigenvalue weighted by Gasteiger charge is 2.18. The van der Waals surface area contributed by atoms with Gasteiger partial charge in [-0.15, -0.1) is 23.1 Å². The van der Waals surface area contributed by atoms with Crippen LogP contribution < -0.4 is 0 Å². The number of thioether (sulfide) groups is 1. The van der Waals surface area contributed by atoms with Gasteiger partial charge < -0.3 is 4.55 Å². The molecular weight excluding hydrogens is 208 g/mol. The van der Waals surface area contributed by atoms with Gasteiger partial charge in [0.25, 0.3) is 0 Å². The van der Waals surface area contributed by atoms with E-state index in [9.17, 15) is 0 Å². The number of rotatable bonds is 1. The van der Waals surface area contributed by atoms with Crippen molar-refractivity contribution >= 4 is 35.1 Å². The number of aryl methyl sites for hydroxylation is 1. The molecule has 0 spiro atoms. The van der Waals surface area contributed by atoms with Crippen LogP contribution in [0.25, 0.3) is 0 Å². The van der Waals surface area contributed by atoms with E-state index in [0.717, 1.165) is 21.5 Å². The first-order chi connectivity index (χ1) is 5.79. The van der Waals surface area contributed by atoms with Gasteiger partial charge in [0.05, 0.1) is 8.42 Å². The monoisotopic (exact) mass is 218 g/mol. The fraction of sp³-hybridized carbons (Fsp3) is 0.500. The summed E-state index contributed by atoms with van der Waals surface area (Å²) in [6.45, 7) is 2.26. The first-order valence-electron chi connectivity index (χ1n) is 3.90. The lowest BCUT2D eigenvalue weighted by atomic mass is 10.1. The molecule has 4 heteroatoms. The van der Waals surface area contributed by atoms with Crippen molar-refractivity contribution < 1.29 is 4.55 Å². The van der Waals surface area contributed by atoms with Crippen LogP contribution in [0.15, 0.2) is 14.5 Å². The summed E-state index contributed by atoms with van der Waals surface area (Å²) in [6, 6.07) is 2.11. The van der Waals surface area contributed by atoms with Crippen molar-refractivity contribution in [2.75, 3.05) is 0 Å². The Labute approximate surface area is 84.8 Å². The summed E-state index contributed by atoms with van der Waals surface area (Å²) in [4.78, 5) is 0. The van der Waals surface area contributed by atoms with Crippen molar-refractivity contribution in [1.82, 2.24) is 0 Å². The molecule has 1 aromatic rings. The summed E-state index contributed by atoms with van der Waals surface area (Å²) in [5.41, 5.74) is 1.43. The van der Waals surface area contributed by atoms with Gasteiger partial charge in [-0.1, -0.05) is 6.92 Å². The fourth-order valence-electron chi connectivity index (χ4n) is 1.31. The molecule has 1 aliphatic heterocycles. The van der Waals surface area contributed by atoms with Gasteiger partial charge in [0.2, 0.25) is 0 Å². The van der Waals surface area contributed by atoms with E-state index in [0.29, 0.717) is 0 Å². The van der Waals surface area contributed by atoms with E-state index in [4.69, 9.17) is 4.55 Å². The second-order valence-corrected chi connectivity index (χ2v) is 6.58. The van der Waals surface area contributed by atoms with Gasteiger partial charge in [-0.3, -0.25) is 0 Å². The minimum Gasteiger partial charge on any atom is -0.325 e. The summed E-state index contributed by atoms with van der Waals surface area (Å²) in [5, 5.41) is 0.743. The lowest BCUT2D eigenvalue weighted by Crippen LogP contribution is -2.03. The van der Waals surface area contributed by atoms with Crippen LogP contribution in [0.2, 0.25) is 0 Å². The lowest BCUT2D eigenvalue weighted by molar-refractivity contribution is 0.665. The Kier molecular flexibility index (Phi) is 2.69. The van der Waals surface area contributed by atoms with E-state index >= 15 is 0 Å². The van der Waals surface area contributed by atoms with Crippen LogP contribution in [0, 0.1) is 0 Å². The second kappa shape index (κ2) is 3.62. The smallest absolute Gasteiger partial charge is 0.0888 e. The number of hydrogen-bond acceptors (Lipinski definition) is 4. The summed E-state index contributed by atoms with van der Waals surface area (Å²) >= 11 is 4.53. The first-order valence-corrected chi connectivity index (χ1v) is 6.37. The third-order valence-electron chi connectivity index (χ3n) is 1.97. The van der Waals surface area contributed by atoms with E-state index in [-0.39, 0.29) is 0 Å². The molecule has 1 nitrogen and oxygen atoms in total. The molecule has 1 aromatic heterocycles. The van der Waals surface area contributed by atoms with Crippen LogP contribution >= 0.6 is 35.1 Å². The minimum atomic E-state index is 0.743. The molecule has 0 aromatic carbocycles. The van der Waals surface area contributed by atoms with E-state index in [2.05, 4.69) is 13.0 Å². The van der Waals surface area contributed by atoms with Gasteiger partial charge in [-0.05, 0) is 24.5 Å². The predicted octanol–water partition coefficient (Wildman–Crippen LogP) is 3.74. The first kappa shape index (κ1) is 8.94. The van der Waals surface area contributed by atoms with Gasteiger partial charge in [-0.25, -0.2) is 0 Å². The average Bonchev–Trinajstić information content (AvgIpc) is 2.46. The van der Waals surface area contributed by atoms with E-state index in [1.807, 2.05) is 11.8 Å². The Hall–Kier alpha value is 0.360. The normalized spacial score (nSPS) is 22.3. The van der Waals surface area contributed by atoms with Crippen LogP contribution in [-0.4, -0.2) is 9.80 Å². The Morgan fingerprint density at radius 3 is 3.25 bits per heavy atom. The number of hydrogen-bond donors (Lipinski definition) is 1. The predicted molar refractivity (Wildman–Crippen MR) is 56.4 cm³/mol. The average molecular weight is 218 g/mol. The molecule has 0 amide bonds. The standard InChI is InChI=1S/C8H10OS3/c1-5-2-3-6-4-7(12-9)11-8(6)10-5/h4-5,9H,2-3H2,1H3. The summed E-state index contributed by atoms with van der Waals surface area (Å²) < 4.78 is 11.3. The highest BCUT2D eigenvalue weighted by Crippen LogP contribution is 2.42. The van der Waals surface area contributed by atoms with Gasteiger partial charge >= 0.3 is 0 Å². The molecule has 1 atom stereocenters. The SMILES string of the molecule is CC1CCc2cc(SO)sc2S1. The van der Waals surface area contributed by atoms with Crippen molar-refractivity contribution in [3.8, 4) is 0 Å². The molecule has 2 rings (SSSR count). The molecule has 0 fully saturated rings. The molecule has 0 saturated heterocycles. The molecule has 2 heterocycles. The van der Waals surface area contributed by atoms with Crippen LogP contribution in [0.1, 0.15) is 18.9 Å². The molecule has 66 valence electrons. The van der Waals surface area contributed by atoms with Crippen LogP contribution in [0.5, 0.6) is 0 Å². The molecule has 1 N–H and O–H groups in total. The number of fused-ring (bicyclic) bond motifs is 1. The van der Waals surface area contributed by atoms with Crippen LogP contribution in [-0.2, 0) is 6.42 Å². The molecule has 12 heavy (non-hydrogen) atoms. The van der Waals surface area contributed by atoms with Crippen molar-refractivity contribution in [3.63, 3.8) is 0 Å². The van der Waals surface area contributed by atoms with Crippen LogP contribution in [0.3, 0.4) is 0 Å². The highest BCUT2D eigenvalue weighted by atomic mass is 32.2. The maximum absolute atomic E-state index is 8.87. The van der Waals surface area contributed by atoms with Crippen molar-refractivity contribution in [2.24, 2.45) is 0 Å². The maximum Gasteiger partial charge on any atom is 0.0888 e. The molecule has 1 unspecified atom stereocenters. The minimum absolute atomic E-state index is 0.743.